The predicted molar refractivity (Wildman–Crippen MR) is 110 cm³/mol. The number of anilines is 1. The fourth-order valence-corrected chi connectivity index (χ4v) is 4.69. The van der Waals surface area contributed by atoms with Gasteiger partial charge in [0.2, 0.25) is 0 Å². The minimum absolute atomic E-state index is 0.107. The first-order chi connectivity index (χ1) is 14.1. The molecule has 1 aliphatic rings. The van der Waals surface area contributed by atoms with E-state index in [-0.39, 0.29) is 18.5 Å². The van der Waals surface area contributed by atoms with Gasteiger partial charge in [0.25, 0.3) is 0 Å². The molecule has 4 rings (SSSR count). The standard InChI is InChI=1S/C19H25N7O2S/c1-4-7-26-15(22-23-24-26)10-28-19(27)14-5-8-25(9-6-14)17-16-12(2)13(3)29-18(16)21-11-20-17/h11,14H,4-10H2,1-3H3. The Bertz CT molecular complexity index is 1010. The van der Waals surface area contributed by atoms with Gasteiger partial charge in [-0.2, -0.15) is 0 Å². The second-order valence-electron chi connectivity index (χ2n) is 7.35. The number of thiophene rings is 1. The van der Waals surface area contributed by atoms with Gasteiger partial charge in [-0.1, -0.05) is 6.92 Å². The lowest BCUT2D eigenvalue weighted by Gasteiger charge is -2.32. The molecule has 1 aliphatic heterocycles. The number of hydrogen-bond donors (Lipinski definition) is 0. The minimum Gasteiger partial charge on any atom is -0.457 e. The molecular weight excluding hydrogens is 390 g/mol. The van der Waals surface area contributed by atoms with Crippen LogP contribution >= 0.6 is 11.3 Å². The van der Waals surface area contributed by atoms with Crippen LogP contribution in [0.3, 0.4) is 0 Å². The Morgan fingerprint density at radius 3 is 2.83 bits per heavy atom. The van der Waals surface area contributed by atoms with E-state index in [1.165, 1.54) is 10.4 Å². The van der Waals surface area contributed by atoms with Gasteiger partial charge in [-0.3, -0.25) is 4.79 Å². The number of aryl methyl sites for hydroxylation is 3. The van der Waals surface area contributed by atoms with Crippen LogP contribution in [0, 0.1) is 19.8 Å². The number of nitrogens with zero attached hydrogens (tertiary/aromatic N) is 7. The van der Waals surface area contributed by atoms with Crippen molar-refractivity contribution >= 4 is 33.3 Å². The molecular formula is C19H25N7O2S. The van der Waals surface area contributed by atoms with E-state index < -0.39 is 0 Å². The number of piperidine rings is 1. The lowest BCUT2D eigenvalue weighted by molar-refractivity contribution is -0.151. The van der Waals surface area contributed by atoms with Crippen LogP contribution in [0.4, 0.5) is 5.82 Å². The molecule has 9 nitrogen and oxygen atoms in total. The SMILES string of the molecule is CCCn1nnnc1COC(=O)C1CCN(c2ncnc3sc(C)c(C)c23)CC1. The first-order valence-electron chi connectivity index (χ1n) is 9.95. The van der Waals surface area contributed by atoms with Crippen LogP contribution in [0.15, 0.2) is 6.33 Å². The van der Waals surface area contributed by atoms with Crippen molar-refractivity contribution in [3.05, 3.63) is 22.6 Å². The summed E-state index contributed by atoms with van der Waals surface area (Å²) < 4.78 is 7.18. The molecule has 0 saturated carbocycles. The van der Waals surface area contributed by atoms with Gasteiger partial charge in [-0.25, -0.2) is 14.6 Å². The highest BCUT2D eigenvalue weighted by atomic mass is 32.1. The highest BCUT2D eigenvalue weighted by Gasteiger charge is 2.28. The summed E-state index contributed by atoms with van der Waals surface area (Å²) in [7, 11) is 0. The average Bonchev–Trinajstić information content (AvgIpc) is 3.30. The van der Waals surface area contributed by atoms with Crippen molar-refractivity contribution in [1.29, 1.82) is 0 Å². The topological polar surface area (TPSA) is 98.9 Å². The van der Waals surface area contributed by atoms with E-state index in [0.29, 0.717) is 12.4 Å². The highest BCUT2D eigenvalue weighted by Crippen LogP contribution is 2.35. The molecule has 0 amide bonds. The summed E-state index contributed by atoms with van der Waals surface area (Å²) in [5, 5.41) is 12.7. The summed E-state index contributed by atoms with van der Waals surface area (Å²) in [6, 6.07) is 0. The van der Waals surface area contributed by atoms with Crippen molar-refractivity contribution in [2.75, 3.05) is 18.0 Å². The van der Waals surface area contributed by atoms with E-state index >= 15 is 0 Å². The average molecular weight is 416 g/mol. The lowest BCUT2D eigenvalue weighted by Crippen LogP contribution is -2.37. The molecule has 3 aromatic heterocycles. The predicted octanol–water partition coefficient (Wildman–Crippen LogP) is 2.66. The van der Waals surface area contributed by atoms with Gasteiger partial charge in [0, 0.05) is 24.5 Å². The maximum atomic E-state index is 12.5. The third-order valence-corrected chi connectivity index (χ3v) is 6.57. The molecule has 0 aliphatic carbocycles. The highest BCUT2D eigenvalue weighted by molar-refractivity contribution is 7.18. The van der Waals surface area contributed by atoms with Crippen LogP contribution in [-0.2, 0) is 22.7 Å². The molecule has 0 spiro atoms. The van der Waals surface area contributed by atoms with Crippen LogP contribution in [0.1, 0.15) is 42.5 Å². The van der Waals surface area contributed by atoms with Crippen molar-refractivity contribution in [2.45, 2.75) is 53.2 Å². The number of hydrogen-bond acceptors (Lipinski definition) is 9. The van der Waals surface area contributed by atoms with Crippen molar-refractivity contribution in [2.24, 2.45) is 5.92 Å². The second kappa shape index (κ2) is 8.40. The molecule has 0 atom stereocenters. The van der Waals surface area contributed by atoms with Gasteiger partial charge < -0.3 is 9.64 Å². The molecule has 4 heterocycles. The second-order valence-corrected chi connectivity index (χ2v) is 8.55. The molecule has 0 unspecified atom stereocenters. The Balaban J connectivity index is 1.37. The molecule has 1 saturated heterocycles. The molecule has 10 heteroatoms. The van der Waals surface area contributed by atoms with Crippen molar-refractivity contribution < 1.29 is 9.53 Å². The maximum Gasteiger partial charge on any atom is 0.309 e. The van der Waals surface area contributed by atoms with Gasteiger partial charge in [-0.15, -0.1) is 16.4 Å². The van der Waals surface area contributed by atoms with Crippen LogP contribution in [0.25, 0.3) is 10.2 Å². The molecule has 0 radical (unpaired) electrons. The normalized spacial score (nSPS) is 15.2. The van der Waals surface area contributed by atoms with E-state index in [1.54, 1.807) is 22.3 Å². The monoisotopic (exact) mass is 415 g/mol. The number of carbonyl (C=O) groups excluding carboxylic acids is 1. The van der Waals surface area contributed by atoms with Crippen LogP contribution in [-0.4, -0.2) is 49.2 Å². The molecule has 0 N–H and O–H groups in total. The van der Waals surface area contributed by atoms with E-state index in [1.807, 2.05) is 0 Å². The van der Waals surface area contributed by atoms with Crippen molar-refractivity contribution in [3.63, 3.8) is 0 Å². The number of ether oxygens (including phenoxy) is 1. The summed E-state index contributed by atoms with van der Waals surface area (Å²) in [5.74, 6) is 1.28. The third kappa shape index (κ3) is 3.93. The van der Waals surface area contributed by atoms with Gasteiger partial charge >= 0.3 is 5.97 Å². The Kier molecular flexibility index (Phi) is 5.70. The van der Waals surface area contributed by atoms with E-state index in [9.17, 15) is 4.79 Å². The largest absolute Gasteiger partial charge is 0.457 e. The van der Waals surface area contributed by atoms with Crippen LogP contribution < -0.4 is 4.90 Å². The number of rotatable bonds is 6. The van der Waals surface area contributed by atoms with E-state index in [4.69, 9.17) is 4.74 Å². The Morgan fingerprint density at radius 2 is 2.07 bits per heavy atom. The number of aromatic nitrogens is 6. The molecule has 29 heavy (non-hydrogen) atoms. The summed E-state index contributed by atoms with van der Waals surface area (Å²) in [6.07, 6.45) is 4.04. The Morgan fingerprint density at radius 1 is 1.28 bits per heavy atom. The smallest absolute Gasteiger partial charge is 0.309 e. The van der Waals surface area contributed by atoms with Gasteiger partial charge in [0.15, 0.2) is 12.4 Å². The summed E-state index contributed by atoms with van der Waals surface area (Å²) in [4.78, 5) is 26.1. The van der Waals surface area contributed by atoms with Crippen molar-refractivity contribution in [3.8, 4) is 0 Å². The van der Waals surface area contributed by atoms with E-state index in [2.05, 4.69) is 51.2 Å². The summed E-state index contributed by atoms with van der Waals surface area (Å²) in [5.41, 5.74) is 1.24. The number of tetrazole rings is 1. The van der Waals surface area contributed by atoms with Crippen LogP contribution in [0.5, 0.6) is 0 Å². The fraction of sp³-hybridized carbons (Fsp3) is 0.579. The first kappa shape index (κ1) is 19.7. The number of esters is 1. The Hall–Kier alpha value is -2.62. The molecule has 1 fully saturated rings. The van der Waals surface area contributed by atoms with Crippen LogP contribution in [0.2, 0.25) is 0 Å². The summed E-state index contributed by atoms with van der Waals surface area (Å²) in [6.45, 7) is 8.66. The fourth-order valence-electron chi connectivity index (χ4n) is 3.70. The van der Waals surface area contributed by atoms with E-state index in [0.717, 1.165) is 48.4 Å². The number of fused-ring (bicyclic) bond motifs is 1. The van der Waals surface area contributed by atoms with Crippen molar-refractivity contribution in [1.82, 2.24) is 30.2 Å². The number of carbonyl (C=O) groups is 1. The third-order valence-electron chi connectivity index (χ3n) is 5.46. The van der Waals surface area contributed by atoms with Gasteiger partial charge in [0.05, 0.1) is 11.3 Å². The quantitative estimate of drug-likeness (QED) is 0.567. The maximum absolute atomic E-state index is 12.5. The molecule has 154 valence electrons. The zero-order valence-corrected chi connectivity index (χ0v) is 17.8. The Labute approximate surface area is 173 Å². The molecule has 0 aromatic carbocycles. The first-order valence-corrected chi connectivity index (χ1v) is 10.8. The summed E-state index contributed by atoms with van der Waals surface area (Å²) >= 11 is 1.70. The zero-order chi connectivity index (χ0) is 20.4. The van der Waals surface area contributed by atoms with Gasteiger partial charge in [0.1, 0.15) is 17.0 Å². The zero-order valence-electron chi connectivity index (χ0n) is 17.0. The molecule has 3 aromatic rings. The lowest BCUT2D eigenvalue weighted by atomic mass is 9.97. The minimum atomic E-state index is -0.175. The van der Waals surface area contributed by atoms with Gasteiger partial charge in [-0.05, 0) is 49.1 Å². The molecule has 0 bridgehead atoms.